The molecule has 1 aliphatic rings. The Labute approximate surface area is 93.6 Å². The van der Waals surface area contributed by atoms with E-state index in [-0.39, 0.29) is 0 Å². The first-order valence-corrected chi connectivity index (χ1v) is 6.33. The van der Waals surface area contributed by atoms with Gasteiger partial charge < -0.3 is 21.3 Å². The van der Waals surface area contributed by atoms with E-state index in [0.717, 1.165) is 52.4 Å². The largest absolute Gasteiger partial charge is 0.315 e. The Morgan fingerprint density at radius 1 is 0.333 bits per heavy atom. The topological polar surface area (TPSA) is 48.1 Å². The van der Waals surface area contributed by atoms with E-state index in [9.17, 15) is 0 Å². The zero-order valence-electron chi connectivity index (χ0n) is 9.78. The summed E-state index contributed by atoms with van der Waals surface area (Å²) in [6.07, 6.45) is 3.78. The van der Waals surface area contributed by atoms with Crippen LogP contribution in [-0.2, 0) is 0 Å². The van der Waals surface area contributed by atoms with Crippen LogP contribution in [0.25, 0.3) is 0 Å². The van der Waals surface area contributed by atoms with Gasteiger partial charge in [-0.15, -0.1) is 0 Å². The Morgan fingerprint density at radius 2 is 0.667 bits per heavy atom. The van der Waals surface area contributed by atoms with Gasteiger partial charge >= 0.3 is 0 Å². The van der Waals surface area contributed by atoms with E-state index in [2.05, 4.69) is 21.3 Å². The van der Waals surface area contributed by atoms with Crippen LogP contribution in [0.15, 0.2) is 0 Å². The van der Waals surface area contributed by atoms with Crippen LogP contribution in [0.1, 0.15) is 19.3 Å². The summed E-state index contributed by atoms with van der Waals surface area (Å²) < 4.78 is 0. The molecule has 4 nitrogen and oxygen atoms in total. The van der Waals surface area contributed by atoms with Crippen LogP contribution in [-0.4, -0.2) is 52.4 Å². The molecule has 0 bridgehead atoms. The molecule has 4 heteroatoms. The molecule has 0 aromatic rings. The summed E-state index contributed by atoms with van der Waals surface area (Å²) in [7, 11) is 0. The minimum atomic E-state index is 1.10. The van der Waals surface area contributed by atoms with Gasteiger partial charge in [-0.2, -0.15) is 0 Å². The van der Waals surface area contributed by atoms with Crippen molar-refractivity contribution in [2.24, 2.45) is 0 Å². The van der Waals surface area contributed by atoms with E-state index in [1.165, 1.54) is 19.3 Å². The fourth-order valence-electron chi connectivity index (χ4n) is 1.69. The molecule has 0 saturated carbocycles. The van der Waals surface area contributed by atoms with Gasteiger partial charge in [0.2, 0.25) is 0 Å². The molecule has 1 heterocycles. The minimum absolute atomic E-state index is 1.10. The summed E-state index contributed by atoms with van der Waals surface area (Å²) in [5.74, 6) is 0. The molecule has 0 amide bonds. The van der Waals surface area contributed by atoms with Gasteiger partial charge in [0.25, 0.3) is 0 Å². The molecule has 0 aromatic heterocycles. The van der Waals surface area contributed by atoms with Crippen LogP contribution in [0, 0.1) is 0 Å². The highest BCUT2D eigenvalue weighted by atomic mass is 15.0. The Bertz CT molecular complexity index is 71.2. The molecule has 1 fully saturated rings. The first kappa shape index (κ1) is 12.9. The number of hydrogen-bond donors (Lipinski definition) is 4. The summed E-state index contributed by atoms with van der Waals surface area (Å²) in [5, 5.41) is 13.8. The van der Waals surface area contributed by atoms with Crippen molar-refractivity contribution in [1.82, 2.24) is 21.3 Å². The average molecular weight is 214 g/mol. The first-order valence-electron chi connectivity index (χ1n) is 6.33. The summed E-state index contributed by atoms with van der Waals surface area (Å²) in [6, 6.07) is 0. The van der Waals surface area contributed by atoms with Crippen molar-refractivity contribution in [3.8, 4) is 0 Å². The van der Waals surface area contributed by atoms with Gasteiger partial charge in [0, 0.05) is 26.2 Å². The number of nitrogens with one attached hydrogen (secondary N) is 4. The molecule has 0 atom stereocenters. The van der Waals surface area contributed by atoms with E-state index < -0.39 is 0 Å². The highest BCUT2D eigenvalue weighted by molar-refractivity contribution is 4.58. The average Bonchev–Trinajstić information content (AvgIpc) is 2.27. The predicted octanol–water partition coefficient (Wildman–Crippen LogP) is -0.471. The van der Waals surface area contributed by atoms with Crippen LogP contribution < -0.4 is 21.3 Å². The quantitative estimate of drug-likeness (QED) is 0.440. The van der Waals surface area contributed by atoms with Crippen molar-refractivity contribution >= 4 is 0 Å². The number of hydrogen-bond acceptors (Lipinski definition) is 4. The standard InChI is InChI=1S/C11H26N4/c1-2-5-13-9-11-15-7-3-6-14-10-8-12-4-1/h12-15H,1-11H2. The van der Waals surface area contributed by atoms with Crippen LogP contribution >= 0.6 is 0 Å². The number of rotatable bonds is 0. The maximum Gasteiger partial charge on any atom is 0.00767 e. The van der Waals surface area contributed by atoms with Crippen LogP contribution in [0.2, 0.25) is 0 Å². The smallest absolute Gasteiger partial charge is 0.00767 e. The summed E-state index contributed by atoms with van der Waals surface area (Å²) in [6.45, 7) is 8.95. The SMILES string of the molecule is C1CCNCCNCCCNCCNC1. The maximum atomic E-state index is 3.45. The second kappa shape index (κ2) is 10.4. The zero-order valence-corrected chi connectivity index (χ0v) is 9.78. The van der Waals surface area contributed by atoms with Crippen molar-refractivity contribution in [3.63, 3.8) is 0 Å². The van der Waals surface area contributed by atoms with Crippen LogP contribution in [0.4, 0.5) is 0 Å². The Kier molecular flexibility index (Phi) is 8.92. The second-order valence-electron chi connectivity index (χ2n) is 4.06. The van der Waals surface area contributed by atoms with Crippen molar-refractivity contribution in [1.29, 1.82) is 0 Å². The first-order chi connectivity index (χ1) is 7.50. The highest BCUT2D eigenvalue weighted by Crippen LogP contribution is 1.84. The minimum Gasteiger partial charge on any atom is -0.315 e. The lowest BCUT2D eigenvalue weighted by Gasteiger charge is -2.06. The van der Waals surface area contributed by atoms with Gasteiger partial charge in [0.1, 0.15) is 0 Å². The van der Waals surface area contributed by atoms with Gasteiger partial charge in [0.15, 0.2) is 0 Å². The van der Waals surface area contributed by atoms with Gasteiger partial charge in [-0.25, -0.2) is 0 Å². The normalized spacial score (nSPS) is 24.0. The second-order valence-corrected chi connectivity index (χ2v) is 4.06. The summed E-state index contributed by atoms with van der Waals surface area (Å²) >= 11 is 0. The third-order valence-electron chi connectivity index (χ3n) is 2.62. The molecule has 4 N–H and O–H groups in total. The fourth-order valence-corrected chi connectivity index (χ4v) is 1.69. The predicted molar refractivity (Wildman–Crippen MR) is 65.3 cm³/mol. The molecule has 0 unspecified atom stereocenters. The van der Waals surface area contributed by atoms with Gasteiger partial charge in [-0.3, -0.25) is 0 Å². The third kappa shape index (κ3) is 8.81. The molecular weight excluding hydrogens is 188 g/mol. The fraction of sp³-hybridized carbons (Fsp3) is 1.00. The van der Waals surface area contributed by atoms with E-state index in [1.54, 1.807) is 0 Å². The van der Waals surface area contributed by atoms with Crippen LogP contribution in [0.5, 0.6) is 0 Å². The third-order valence-corrected chi connectivity index (χ3v) is 2.62. The molecule has 0 aromatic carbocycles. The lowest BCUT2D eigenvalue weighted by molar-refractivity contribution is 0.571. The Morgan fingerprint density at radius 3 is 1.07 bits per heavy atom. The van der Waals surface area contributed by atoms with E-state index >= 15 is 0 Å². The van der Waals surface area contributed by atoms with Crippen LogP contribution in [0.3, 0.4) is 0 Å². The molecular formula is C11H26N4. The van der Waals surface area contributed by atoms with Crippen molar-refractivity contribution in [2.45, 2.75) is 19.3 Å². The van der Waals surface area contributed by atoms with Crippen molar-refractivity contribution in [3.05, 3.63) is 0 Å². The maximum absolute atomic E-state index is 3.45. The lowest BCUT2D eigenvalue weighted by Crippen LogP contribution is -2.30. The van der Waals surface area contributed by atoms with Crippen molar-refractivity contribution < 1.29 is 0 Å². The zero-order chi connectivity index (χ0) is 10.6. The Balaban J connectivity index is 2.01. The van der Waals surface area contributed by atoms with E-state index in [1.807, 2.05) is 0 Å². The molecule has 15 heavy (non-hydrogen) atoms. The van der Waals surface area contributed by atoms with Gasteiger partial charge in [-0.1, -0.05) is 0 Å². The molecule has 1 rings (SSSR count). The molecule has 1 saturated heterocycles. The molecule has 0 spiro atoms. The van der Waals surface area contributed by atoms with Crippen molar-refractivity contribution in [2.75, 3.05) is 52.4 Å². The van der Waals surface area contributed by atoms with E-state index in [0.29, 0.717) is 0 Å². The van der Waals surface area contributed by atoms with Gasteiger partial charge in [-0.05, 0) is 45.4 Å². The Hall–Kier alpha value is -0.160. The summed E-state index contributed by atoms with van der Waals surface area (Å²) in [5.41, 5.74) is 0. The highest BCUT2D eigenvalue weighted by Gasteiger charge is 1.93. The molecule has 90 valence electrons. The lowest BCUT2D eigenvalue weighted by atomic mass is 10.3. The monoisotopic (exact) mass is 214 g/mol. The molecule has 1 aliphatic heterocycles. The summed E-state index contributed by atoms with van der Waals surface area (Å²) in [4.78, 5) is 0. The molecule has 0 aliphatic carbocycles. The molecule has 0 radical (unpaired) electrons. The van der Waals surface area contributed by atoms with E-state index in [4.69, 9.17) is 0 Å². The van der Waals surface area contributed by atoms with Gasteiger partial charge in [0.05, 0.1) is 0 Å².